The fourth-order valence-corrected chi connectivity index (χ4v) is 2.37. The van der Waals surface area contributed by atoms with Crippen molar-refractivity contribution in [3.05, 3.63) is 33.8 Å². The first-order valence-electron chi connectivity index (χ1n) is 7.55. The van der Waals surface area contributed by atoms with Crippen LogP contribution in [0.1, 0.15) is 18.4 Å². The van der Waals surface area contributed by atoms with Crippen LogP contribution in [0.3, 0.4) is 0 Å². The summed E-state index contributed by atoms with van der Waals surface area (Å²) < 4.78 is 0. The number of carbonyl (C=O) groups is 2. The number of hydrogen-bond acceptors (Lipinski definition) is 4. The molecule has 1 rings (SSSR count). The monoisotopic (exact) mass is 388 g/mol. The van der Waals surface area contributed by atoms with Crippen LogP contribution in [0.4, 0.5) is 0 Å². The molecule has 0 aliphatic heterocycles. The van der Waals surface area contributed by atoms with Gasteiger partial charge in [0.25, 0.3) is 0 Å². The summed E-state index contributed by atoms with van der Waals surface area (Å²) in [5, 5.41) is 3.30. The average Bonchev–Trinajstić information content (AvgIpc) is 2.53. The summed E-state index contributed by atoms with van der Waals surface area (Å²) in [6, 6.07) is 3.21. The predicted molar refractivity (Wildman–Crippen MR) is 99.2 cm³/mol. The number of aliphatic imine (C=N–C) groups is 1. The number of benzene rings is 1. The van der Waals surface area contributed by atoms with Gasteiger partial charge in [0, 0.05) is 13.0 Å². The Balaban J connectivity index is 2.61. The van der Waals surface area contributed by atoms with Gasteiger partial charge >= 0.3 is 0 Å². The number of nitrogens with one attached hydrogen (secondary N) is 1. The first kappa shape index (κ1) is 21.0. The molecule has 10 heteroatoms. The lowest BCUT2D eigenvalue weighted by Crippen LogP contribution is -2.51. The van der Waals surface area contributed by atoms with Crippen molar-refractivity contribution in [2.75, 3.05) is 6.54 Å². The molecule has 0 bridgehead atoms. The third kappa shape index (κ3) is 7.59. The van der Waals surface area contributed by atoms with E-state index in [4.69, 9.17) is 46.1 Å². The second kappa shape index (κ2) is 10.1. The second-order valence-corrected chi connectivity index (χ2v) is 6.29. The van der Waals surface area contributed by atoms with Gasteiger partial charge in [-0.2, -0.15) is 0 Å². The minimum Gasteiger partial charge on any atom is -0.370 e. The van der Waals surface area contributed by atoms with Gasteiger partial charge in [-0.25, -0.2) is 0 Å². The number of halogens is 2. The van der Waals surface area contributed by atoms with Gasteiger partial charge in [-0.3, -0.25) is 14.6 Å². The zero-order valence-corrected chi connectivity index (χ0v) is 15.1. The van der Waals surface area contributed by atoms with Crippen molar-refractivity contribution in [2.45, 2.75) is 31.3 Å². The molecule has 0 saturated heterocycles. The number of primary amides is 1. The van der Waals surface area contributed by atoms with E-state index in [1.54, 1.807) is 18.2 Å². The topological polar surface area (TPSA) is 163 Å². The first-order valence-corrected chi connectivity index (χ1v) is 8.31. The molecular weight excluding hydrogens is 367 g/mol. The standard InChI is InChI=1S/C15H22Cl2N6O2/c16-9-4-3-8(6-10(9)17)7-12(13(19)24)23-14(25)11(18)2-1-5-22-15(20)21/h3-4,6,11-12H,1-2,5,7,18H2,(H2,19,24)(H,23,25)(H4,20,21,22)/t11-,12-/m0/s1. The molecule has 9 N–H and O–H groups in total. The molecule has 138 valence electrons. The highest BCUT2D eigenvalue weighted by Crippen LogP contribution is 2.23. The minimum atomic E-state index is -0.909. The van der Waals surface area contributed by atoms with Gasteiger partial charge in [-0.1, -0.05) is 29.3 Å². The number of hydrogen-bond donors (Lipinski definition) is 5. The number of carbonyl (C=O) groups excluding carboxylic acids is 2. The van der Waals surface area contributed by atoms with E-state index in [0.717, 1.165) is 0 Å². The quantitative estimate of drug-likeness (QED) is 0.226. The van der Waals surface area contributed by atoms with E-state index < -0.39 is 23.9 Å². The number of amides is 2. The van der Waals surface area contributed by atoms with Gasteiger partial charge in [-0.05, 0) is 30.5 Å². The van der Waals surface area contributed by atoms with E-state index in [1.165, 1.54) is 0 Å². The molecule has 25 heavy (non-hydrogen) atoms. The molecule has 0 saturated carbocycles. The SMILES string of the molecule is NC(=O)[C@H](Cc1ccc(Cl)c(Cl)c1)NC(=O)[C@@H](N)CCCN=C(N)N. The van der Waals surface area contributed by atoms with Crippen molar-refractivity contribution in [3.63, 3.8) is 0 Å². The maximum absolute atomic E-state index is 12.1. The lowest BCUT2D eigenvalue weighted by Gasteiger charge is -2.19. The Kier molecular flexibility index (Phi) is 8.47. The summed E-state index contributed by atoms with van der Waals surface area (Å²) in [6.07, 6.45) is 1.07. The van der Waals surface area contributed by atoms with Crippen LogP contribution in [0.5, 0.6) is 0 Å². The second-order valence-electron chi connectivity index (χ2n) is 5.47. The summed E-state index contributed by atoms with van der Waals surface area (Å²) in [4.78, 5) is 27.5. The molecule has 0 aliphatic carbocycles. The van der Waals surface area contributed by atoms with Crippen LogP contribution < -0.4 is 28.3 Å². The molecular formula is C15H22Cl2N6O2. The highest BCUT2D eigenvalue weighted by Gasteiger charge is 2.22. The van der Waals surface area contributed by atoms with E-state index in [9.17, 15) is 9.59 Å². The molecule has 8 nitrogen and oxygen atoms in total. The number of nitrogens with two attached hydrogens (primary N) is 4. The van der Waals surface area contributed by atoms with E-state index >= 15 is 0 Å². The van der Waals surface area contributed by atoms with Crippen LogP contribution in [0.15, 0.2) is 23.2 Å². The smallest absolute Gasteiger partial charge is 0.240 e. The van der Waals surface area contributed by atoms with Crippen molar-refractivity contribution < 1.29 is 9.59 Å². The normalized spacial score (nSPS) is 12.9. The molecule has 0 radical (unpaired) electrons. The van der Waals surface area contributed by atoms with Gasteiger partial charge in [-0.15, -0.1) is 0 Å². The van der Waals surface area contributed by atoms with Gasteiger partial charge in [0.05, 0.1) is 16.1 Å². The average molecular weight is 389 g/mol. The molecule has 0 fully saturated rings. The Morgan fingerprint density at radius 3 is 2.40 bits per heavy atom. The summed E-state index contributed by atoms with van der Waals surface area (Å²) in [5.74, 6) is -1.17. The summed E-state index contributed by atoms with van der Waals surface area (Å²) in [6.45, 7) is 0.367. The Labute approximate surface area is 155 Å². The lowest BCUT2D eigenvalue weighted by molar-refractivity contribution is -0.128. The maximum atomic E-state index is 12.1. The Bertz CT molecular complexity index is 649. The van der Waals surface area contributed by atoms with Crippen molar-refractivity contribution in [3.8, 4) is 0 Å². The molecule has 0 unspecified atom stereocenters. The zero-order chi connectivity index (χ0) is 19.0. The molecule has 0 heterocycles. The Morgan fingerprint density at radius 2 is 1.84 bits per heavy atom. The van der Waals surface area contributed by atoms with Crippen molar-refractivity contribution >= 4 is 41.0 Å². The van der Waals surface area contributed by atoms with Crippen LogP contribution in [-0.2, 0) is 16.0 Å². The number of rotatable bonds is 9. The van der Waals surface area contributed by atoms with Gasteiger partial charge in [0.15, 0.2) is 5.96 Å². The van der Waals surface area contributed by atoms with Gasteiger partial charge in [0.1, 0.15) is 6.04 Å². The molecule has 2 atom stereocenters. The first-order chi connectivity index (χ1) is 11.7. The van der Waals surface area contributed by atoms with Gasteiger partial charge in [0.2, 0.25) is 11.8 Å². The van der Waals surface area contributed by atoms with E-state index in [0.29, 0.717) is 35.0 Å². The molecule has 2 amide bonds. The number of guanidine groups is 1. The molecule has 0 spiro atoms. The van der Waals surface area contributed by atoms with Crippen molar-refractivity contribution in [1.82, 2.24) is 5.32 Å². The molecule has 1 aromatic carbocycles. The van der Waals surface area contributed by atoms with Crippen LogP contribution in [0, 0.1) is 0 Å². The summed E-state index contributed by atoms with van der Waals surface area (Å²) in [5.41, 5.74) is 22.3. The van der Waals surface area contributed by atoms with Crippen LogP contribution in [-0.4, -0.2) is 36.4 Å². The molecule has 1 aromatic rings. The van der Waals surface area contributed by atoms with Crippen molar-refractivity contribution in [2.24, 2.45) is 27.9 Å². The third-order valence-corrected chi connectivity index (χ3v) is 4.13. The van der Waals surface area contributed by atoms with Crippen LogP contribution in [0.25, 0.3) is 0 Å². The zero-order valence-electron chi connectivity index (χ0n) is 13.5. The molecule has 0 aliphatic rings. The maximum Gasteiger partial charge on any atom is 0.240 e. The largest absolute Gasteiger partial charge is 0.370 e. The highest BCUT2D eigenvalue weighted by molar-refractivity contribution is 6.42. The Morgan fingerprint density at radius 1 is 1.16 bits per heavy atom. The van der Waals surface area contributed by atoms with Crippen LogP contribution in [0.2, 0.25) is 10.0 Å². The van der Waals surface area contributed by atoms with Crippen LogP contribution >= 0.6 is 23.2 Å². The third-order valence-electron chi connectivity index (χ3n) is 3.39. The fraction of sp³-hybridized carbons (Fsp3) is 0.400. The van der Waals surface area contributed by atoms with Gasteiger partial charge < -0.3 is 28.3 Å². The molecule has 0 aromatic heterocycles. The van der Waals surface area contributed by atoms with Crippen molar-refractivity contribution in [1.29, 1.82) is 0 Å². The highest BCUT2D eigenvalue weighted by atomic mass is 35.5. The fourth-order valence-electron chi connectivity index (χ4n) is 2.05. The lowest BCUT2D eigenvalue weighted by atomic mass is 10.0. The number of nitrogens with zero attached hydrogens (tertiary/aromatic N) is 1. The van der Waals surface area contributed by atoms with E-state index in [1.807, 2.05) is 0 Å². The predicted octanol–water partition coefficient (Wildman–Crippen LogP) is -0.113. The van der Waals surface area contributed by atoms with E-state index in [-0.39, 0.29) is 12.4 Å². The summed E-state index contributed by atoms with van der Waals surface area (Å²) >= 11 is 11.8. The summed E-state index contributed by atoms with van der Waals surface area (Å²) in [7, 11) is 0. The van der Waals surface area contributed by atoms with E-state index in [2.05, 4.69) is 10.3 Å². The minimum absolute atomic E-state index is 0.0200. The Hall–Kier alpha value is -2.03.